The van der Waals surface area contributed by atoms with E-state index < -0.39 is 15.2 Å². The quantitative estimate of drug-likeness (QED) is 0.434. The highest BCUT2D eigenvalue weighted by atomic mass is 32.2. The molecule has 0 radical (unpaired) electrons. The molecule has 0 bridgehead atoms. The van der Waals surface area contributed by atoms with Gasteiger partial charge in [0.25, 0.3) is 0 Å². The number of sulfone groups is 1. The normalized spacial score (nSPS) is 15.6. The summed E-state index contributed by atoms with van der Waals surface area (Å²) in [6.45, 7) is 2.15. The van der Waals surface area contributed by atoms with Crippen molar-refractivity contribution in [2.75, 3.05) is 5.32 Å². The van der Waals surface area contributed by atoms with Gasteiger partial charge in [-0.1, -0.05) is 54.6 Å². The first kappa shape index (κ1) is 20.4. The van der Waals surface area contributed by atoms with Crippen molar-refractivity contribution in [2.24, 2.45) is 0 Å². The molecule has 0 saturated heterocycles. The standard InChI is InChI=1S/C24H22N4O3S/c1-15-6-4-10-18(12-15)32(30,31)24-22-20(14-25-24)23(28-27-22)26-21(29)13-17-9-5-8-16-7-2-3-11-19(16)17/h2-12,24-25H,13-14H2,1H3,(H2,26,27,28,29). The second-order valence-electron chi connectivity index (χ2n) is 7.95. The highest BCUT2D eigenvalue weighted by Gasteiger charge is 2.38. The first-order chi connectivity index (χ1) is 15.4. The Balaban J connectivity index is 1.37. The molecule has 4 aromatic rings. The van der Waals surface area contributed by atoms with Crippen LogP contribution in [0.2, 0.25) is 0 Å². The van der Waals surface area contributed by atoms with E-state index in [9.17, 15) is 13.2 Å². The van der Waals surface area contributed by atoms with Crippen LogP contribution in [0.4, 0.5) is 5.82 Å². The summed E-state index contributed by atoms with van der Waals surface area (Å²) in [7, 11) is -3.66. The third-order valence-electron chi connectivity index (χ3n) is 5.74. The lowest BCUT2D eigenvalue weighted by atomic mass is 10.0. The van der Waals surface area contributed by atoms with E-state index in [1.54, 1.807) is 18.2 Å². The van der Waals surface area contributed by atoms with Gasteiger partial charge >= 0.3 is 0 Å². The lowest BCUT2D eigenvalue weighted by molar-refractivity contribution is -0.115. The fourth-order valence-corrected chi connectivity index (χ4v) is 5.86. The molecule has 1 aliphatic rings. The molecule has 3 aromatic carbocycles. The molecule has 1 aliphatic heterocycles. The van der Waals surface area contributed by atoms with Gasteiger partial charge < -0.3 is 5.32 Å². The summed E-state index contributed by atoms with van der Waals surface area (Å²) in [5, 5.41) is 14.1. The average molecular weight is 447 g/mol. The van der Waals surface area contributed by atoms with E-state index in [-0.39, 0.29) is 17.2 Å². The Kier molecular flexibility index (Phi) is 5.03. The molecule has 8 heteroatoms. The Morgan fingerprint density at radius 1 is 1.09 bits per heavy atom. The van der Waals surface area contributed by atoms with E-state index in [1.165, 1.54) is 0 Å². The molecular formula is C24H22N4O3S. The van der Waals surface area contributed by atoms with Gasteiger partial charge in [0, 0.05) is 12.1 Å². The van der Waals surface area contributed by atoms with Crippen LogP contribution in [-0.2, 0) is 27.6 Å². The van der Waals surface area contributed by atoms with E-state index in [4.69, 9.17) is 0 Å². The molecule has 1 unspecified atom stereocenters. The number of aryl methyl sites for hydroxylation is 1. The zero-order valence-electron chi connectivity index (χ0n) is 17.4. The maximum atomic E-state index is 13.1. The maximum absolute atomic E-state index is 13.1. The molecule has 1 aromatic heterocycles. The third-order valence-corrected chi connectivity index (χ3v) is 7.68. The van der Waals surface area contributed by atoms with Crippen LogP contribution in [0.3, 0.4) is 0 Å². The van der Waals surface area contributed by atoms with Crippen LogP contribution in [0.25, 0.3) is 10.8 Å². The molecular weight excluding hydrogens is 424 g/mol. The number of aromatic amines is 1. The van der Waals surface area contributed by atoms with E-state index in [0.717, 1.165) is 21.9 Å². The molecule has 1 atom stereocenters. The molecule has 0 saturated carbocycles. The molecule has 7 nitrogen and oxygen atoms in total. The first-order valence-corrected chi connectivity index (χ1v) is 11.9. The number of hydrogen-bond donors (Lipinski definition) is 3. The molecule has 3 N–H and O–H groups in total. The number of carbonyl (C=O) groups is 1. The Morgan fingerprint density at radius 2 is 1.88 bits per heavy atom. The number of fused-ring (bicyclic) bond motifs is 2. The van der Waals surface area contributed by atoms with Crippen LogP contribution in [-0.4, -0.2) is 24.5 Å². The molecule has 2 heterocycles. The van der Waals surface area contributed by atoms with Crippen LogP contribution >= 0.6 is 0 Å². The van der Waals surface area contributed by atoms with Crippen molar-refractivity contribution < 1.29 is 13.2 Å². The average Bonchev–Trinajstić information content (AvgIpc) is 3.37. The van der Waals surface area contributed by atoms with Gasteiger partial charge in [-0.3, -0.25) is 15.2 Å². The lowest BCUT2D eigenvalue weighted by Gasteiger charge is -2.12. The number of carbonyl (C=O) groups excluding carboxylic acids is 1. The van der Waals surface area contributed by atoms with Gasteiger partial charge in [0.15, 0.2) is 21.0 Å². The lowest BCUT2D eigenvalue weighted by Crippen LogP contribution is -2.23. The summed E-state index contributed by atoms with van der Waals surface area (Å²) in [4.78, 5) is 13.0. The van der Waals surface area contributed by atoms with Crippen LogP contribution in [0.15, 0.2) is 71.6 Å². The van der Waals surface area contributed by atoms with Crippen molar-refractivity contribution in [3.05, 3.63) is 89.1 Å². The fraction of sp³-hybridized carbons (Fsp3) is 0.167. The Morgan fingerprint density at radius 3 is 2.72 bits per heavy atom. The van der Waals surface area contributed by atoms with Gasteiger partial charge in [-0.05, 0) is 41.0 Å². The summed E-state index contributed by atoms with van der Waals surface area (Å²) in [5.74, 6) is 0.153. The van der Waals surface area contributed by atoms with Crippen molar-refractivity contribution >= 4 is 32.3 Å². The predicted molar refractivity (Wildman–Crippen MR) is 123 cm³/mol. The SMILES string of the molecule is Cc1cccc(S(=O)(=O)C2NCc3c(NC(=O)Cc4cccc5ccccc45)n[nH]c32)c1. The van der Waals surface area contributed by atoms with Crippen LogP contribution < -0.4 is 10.6 Å². The highest BCUT2D eigenvalue weighted by molar-refractivity contribution is 7.91. The zero-order chi connectivity index (χ0) is 22.3. The second kappa shape index (κ2) is 7.89. The number of anilines is 1. The van der Waals surface area contributed by atoms with Gasteiger partial charge in [0.05, 0.1) is 17.0 Å². The summed E-state index contributed by atoms with van der Waals surface area (Å²) < 4.78 is 26.3. The van der Waals surface area contributed by atoms with Crippen molar-refractivity contribution in [1.29, 1.82) is 0 Å². The maximum Gasteiger partial charge on any atom is 0.230 e. The molecule has 0 aliphatic carbocycles. The summed E-state index contributed by atoms with van der Waals surface area (Å²) in [5.41, 5.74) is 2.92. The number of H-pyrrole nitrogens is 1. The number of aromatic nitrogens is 2. The molecule has 1 amide bonds. The monoisotopic (exact) mass is 446 g/mol. The molecule has 162 valence electrons. The molecule has 5 rings (SSSR count). The summed E-state index contributed by atoms with van der Waals surface area (Å²) in [6.07, 6.45) is 0.196. The smallest absolute Gasteiger partial charge is 0.230 e. The van der Waals surface area contributed by atoms with Crippen LogP contribution in [0.5, 0.6) is 0 Å². The Labute approximate surface area is 185 Å². The van der Waals surface area contributed by atoms with Crippen molar-refractivity contribution in [2.45, 2.75) is 30.2 Å². The highest BCUT2D eigenvalue weighted by Crippen LogP contribution is 2.35. The molecule has 0 fully saturated rings. The zero-order valence-corrected chi connectivity index (χ0v) is 18.2. The summed E-state index contributed by atoms with van der Waals surface area (Å²) >= 11 is 0. The van der Waals surface area contributed by atoms with E-state index in [1.807, 2.05) is 55.5 Å². The minimum absolute atomic E-state index is 0.196. The largest absolute Gasteiger partial charge is 0.309 e. The number of nitrogens with zero attached hydrogens (tertiary/aromatic N) is 1. The van der Waals surface area contributed by atoms with E-state index in [0.29, 0.717) is 23.6 Å². The number of rotatable bonds is 5. The van der Waals surface area contributed by atoms with Crippen molar-refractivity contribution in [3.8, 4) is 0 Å². The number of amides is 1. The molecule has 32 heavy (non-hydrogen) atoms. The van der Waals surface area contributed by atoms with Crippen molar-refractivity contribution in [3.63, 3.8) is 0 Å². The second-order valence-corrected chi connectivity index (χ2v) is 9.98. The minimum Gasteiger partial charge on any atom is -0.309 e. The van der Waals surface area contributed by atoms with Crippen molar-refractivity contribution in [1.82, 2.24) is 15.5 Å². The van der Waals surface area contributed by atoms with Crippen LogP contribution in [0, 0.1) is 6.92 Å². The molecule has 0 spiro atoms. The number of hydrogen-bond acceptors (Lipinski definition) is 5. The number of nitrogens with one attached hydrogen (secondary N) is 3. The van der Waals surface area contributed by atoms with Gasteiger partial charge in [-0.25, -0.2) is 8.42 Å². The fourth-order valence-electron chi connectivity index (χ4n) is 4.16. The number of benzene rings is 3. The van der Waals surface area contributed by atoms with Gasteiger partial charge in [0.1, 0.15) is 0 Å². The van der Waals surface area contributed by atoms with Gasteiger partial charge in [-0.15, -0.1) is 0 Å². The van der Waals surface area contributed by atoms with E-state index >= 15 is 0 Å². The minimum atomic E-state index is -3.66. The predicted octanol–water partition coefficient (Wildman–Crippen LogP) is 3.63. The Hall–Kier alpha value is -3.49. The topological polar surface area (TPSA) is 104 Å². The first-order valence-electron chi connectivity index (χ1n) is 10.3. The van der Waals surface area contributed by atoms with E-state index in [2.05, 4.69) is 20.8 Å². The van der Waals surface area contributed by atoms with Gasteiger partial charge in [-0.2, -0.15) is 5.10 Å². The van der Waals surface area contributed by atoms with Gasteiger partial charge in [0.2, 0.25) is 5.91 Å². The van der Waals surface area contributed by atoms with Crippen LogP contribution in [0.1, 0.15) is 27.8 Å². The summed E-state index contributed by atoms with van der Waals surface area (Å²) in [6, 6.07) is 20.6. The third kappa shape index (κ3) is 3.57. The Bertz CT molecular complexity index is 1440.